The molecule has 4 aliphatic heterocycles. The molecule has 2 aromatic rings. The minimum absolute atomic E-state index is 0.0434. The molecular weight excluding hydrogens is 754 g/mol. The zero-order valence-corrected chi connectivity index (χ0v) is 34.7. The first kappa shape index (κ1) is 40.0. The topological polar surface area (TPSA) is 123 Å². The summed E-state index contributed by atoms with van der Waals surface area (Å²) in [5, 5.41) is -0.129. The molecule has 1 aromatic heterocycles. The van der Waals surface area contributed by atoms with Gasteiger partial charge in [0.25, 0.3) is 5.91 Å². The standard InChI is InChI=1S/C42H58ClN5O7S/c1-29-6-4-16-42(53-3,27-46-17-19-47(20-18-46)33-24-54-25-33)35-10-8-31(35)23-48-26-41(15-5-7-30-22-32(43)9-11-34(30)41)28-55-37-13-12-36(44-39(37)48)40(49)45-56(50,51)38(29)14-21-52-2/h4,9,11-13,16,22,29,31,33,35,38H,5-8,10,14-15,17-21,23-28H2,1-3H3,(H,45,49)/b16-4+/t29-,31-,35+,38+,41-,42+/m0/s1. The first-order valence-electron chi connectivity index (χ1n) is 20.5. The van der Waals surface area contributed by atoms with E-state index in [4.69, 9.17) is 35.5 Å². The number of nitrogens with one attached hydrogen (secondary N) is 1. The summed E-state index contributed by atoms with van der Waals surface area (Å²) in [5.41, 5.74) is 1.64. The second-order valence-electron chi connectivity index (χ2n) is 17.1. The molecule has 2 aliphatic carbocycles. The lowest BCUT2D eigenvalue weighted by atomic mass is 9.63. The number of ether oxygens (including phenoxy) is 4. The lowest BCUT2D eigenvalue weighted by Crippen LogP contribution is -2.61. The van der Waals surface area contributed by atoms with Crippen LogP contribution in [0.3, 0.4) is 0 Å². The summed E-state index contributed by atoms with van der Waals surface area (Å²) in [7, 11) is -0.707. The number of nitrogens with zero attached hydrogens (tertiary/aromatic N) is 4. The number of halogens is 1. The van der Waals surface area contributed by atoms with Crippen molar-refractivity contribution in [3.8, 4) is 5.75 Å². The predicted molar refractivity (Wildman–Crippen MR) is 216 cm³/mol. The molecule has 1 saturated carbocycles. The van der Waals surface area contributed by atoms with Crippen molar-refractivity contribution in [2.75, 3.05) is 91.4 Å². The van der Waals surface area contributed by atoms with Gasteiger partial charge in [-0.15, -0.1) is 0 Å². The van der Waals surface area contributed by atoms with Crippen LogP contribution in [0.5, 0.6) is 5.75 Å². The number of pyridine rings is 1. The molecule has 14 heteroatoms. The van der Waals surface area contributed by atoms with Gasteiger partial charge in [-0.25, -0.2) is 18.1 Å². The Hall–Kier alpha value is -2.78. The molecule has 0 unspecified atom stereocenters. The minimum Gasteiger partial charge on any atom is -0.489 e. The summed E-state index contributed by atoms with van der Waals surface area (Å²) in [6.45, 7) is 10.3. The Bertz CT molecular complexity index is 1890. The van der Waals surface area contributed by atoms with Crippen LogP contribution in [0.25, 0.3) is 0 Å². The number of fused-ring (bicyclic) bond motifs is 4. The second-order valence-corrected chi connectivity index (χ2v) is 19.5. The summed E-state index contributed by atoms with van der Waals surface area (Å²) in [6, 6.07) is 10.1. The molecule has 6 aliphatic rings. The molecule has 306 valence electrons. The molecule has 56 heavy (non-hydrogen) atoms. The molecule has 1 N–H and O–H groups in total. The van der Waals surface area contributed by atoms with E-state index >= 15 is 0 Å². The number of aryl methyl sites for hydroxylation is 1. The Morgan fingerprint density at radius 3 is 2.62 bits per heavy atom. The first-order valence-corrected chi connectivity index (χ1v) is 22.4. The van der Waals surface area contributed by atoms with E-state index in [2.05, 4.69) is 43.7 Å². The normalized spacial score (nSPS) is 33.2. The maximum atomic E-state index is 14.0. The summed E-state index contributed by atoms with van der Waals surface area (Å²) in [5.74, 6) is 0.622. The Labute approximate surface area is 337 Å². The number of benzene rings is 1. The third-order valence-electron chi connectivity index (χ3n) is 13.8. The number of hydrogen-bond acceptors (Lipinski definition) is 11. The molecule has 2 saturated heterocycles. The van der Waals surface area contributed by atoms with E-state index < -0.39 is 26.8 Å². The van der Waals surface area contributed by atoms with Gasteiger partial charge in [0.15, 0.2) is 11.6 Å². The van der Waals surface area contributed by atoms with E-state index in [0.29, 0.717) is 43.7 Å². The molecule has 3 fully saturated rings. The van der Waals surface area contributed by atoms with Crippen molar-refractivity contribution < 1.29 is 32.2 Å². The van der Waals surface area contributed by atoms with Crippen LogP contribution in [-0.4, -0.2) is 132 Å². The van der Waals surface area contributed by atoms with Gasteiger partial charge in [-0.2, -0.15) is 0 Å². The van der Waals surface area contributed by atoms with Gasteiger partial charge < -0.3 is 23.8 Å². The van der Waals surface area contributed by atoms with Crippen LogP contribution >= 0.6 is 11.6 Å². The zero-order valence-electron chi connectivity index (χ0n) is 33.1. The van der Waals surface area contributed by atoms with E-state index in [-0.39, 0.29) is 41.9 Å². The quantitative estimate of drug-likeness (QED) is 0.392. The van der Waals surface area contributed by atoms with E-state index in [1.807, 2.05) is 20.1 Å². The fourth-order valence-electron chi connectivity index (χ4n) is 10.3. The third kappa shape index (κ3) is 7.86. The van der Waals surface area contributed by atoms with Crippen LogP contribution in [0.4, 0.5) is 5.82 Å². The molecule has 5 heterocycles. The predicted octanol–water partition coefficient (Wildman–Crippen LogP) is 4.70. The number of sulfonamides is 1. The summed E-state index contributed by atoms with van der Waals surface area (Å²) in [6.07, 6.45) is 10.1. The van der Waals surface area contributed by atoms with Gasteiger partial charge >= 0.3 is 0 Å². The molecular formula is C42H58ClN5O7S. The smallest absolute Gasteiger partial charge is 0.283 e. The average molecular weight is 812 g/mol. The van der Waals surface area contributed by atoms with Gasteiger partial charge in [0.2, 0.25) is 10.0 Å². The van der Waals surface area contributed by atoms with Gasteiger partial charge in [-0.3, -0.25) is 14.6 Å². The molecule has 1 aromatic carbocycles. The van der Waals surface area contributed by atoms with Gasteiger partial charge in [0, 0.05) is 77.1 Å². The van der Waals surface area contributed by atoms with Crippen LogP contribution in [0.15, 0.2) is 42.5 Å². The summed E-state index contributed by atoms with van der Waals surface area (Å²) < 4.78 is 54.7. The Morgan fingerprint density at radius 1 is 1.09 bits per heavy atom. The number of aromatic nitrogens is 1. The molecule has 0 radical (unpaired) electrons. The maximum Gasteiger partial charge on any atom is 0.283 e. The lowest BCUT2D eigenvalue weighted by molar-refractivity contribution is -0.107. The SMILES string of the molecule is COCC[C@@H]1[C@@H](C)C/C=C/[C@](CN2CCN(C3COC3)CC2)(OC)[C@@H]2CC[C@H]2CN2C[C@@]3(CCCc4cc(Cl)ccc43)COc3ccc(nc32)C(=O)NS1(=O)=O. The molecule has 1 spiro atoms. The van der Waals surface area contributed by atoms with Crippen molar-refractivity contribution >= 4 is 33.3 Å². The van der Waals surface area contributed by atoms with Crippen molar-refractivity contribution in [2.45, 2.75) is 74.2 Å². The molecule has 2 bridgehead atoms. The highest BCUT2D eigenvalue weighted by molar-refractivity contribution is 7.90. The Kier molecular flexibility index (Phi) is 11.8. The molecule has 8 rings (SSSR count). The van der Waals surface area contributed by atoms with E-state index in [1.165, 1.54) is 11.1 Å². The highest BCUT2D eigenvalue weighted by Gasteiger charge is 2.50. The number of piperazine rings is 1. The monoisotopic (exact) mass is 811 g/mol. The summed E-state index contributed by atoms with van der Waals surface area (Å²) in [4.78, 5) is 26.2. The maximum absolute atomic E-state index is 14.0. The van der Waals surface area contributed by atoms with Crippen LogP contribution in [0, 0.1) is 17.8 Å². The second kappa shape index (κ2) is 16.5. The number of hydrogen-bond donors (Lipinski definition) is 1. The highest BCUT2D eigenvalue weighted by atomic mass is 35.5. The average Bonchev–Trinajstić information content (AvgIpc) is 3.29. The number of amides is 1. The van der Waals surface area contributed by atoms with E-state index in [0.717, 1.165) is 83.1 Å². The summed E-state index contributed by atoms with van der Waals surface area (Å²) >= 11 is 6.51. The van der Waals surface area contributed by atoms with Crippen molar-refractivity contribution in [2.24, 2.45) is 17.8 Å². The number of methoxy groups -OCH3 is 2. The van der Waals surface area contributed by atoms with Gasteiger partial charge in [0.1, 0.15) is 11.3 Å². The molecule has 6 atom stereocenters. The van der Waals surface area contributed by atoms with Crippen LogP contribution in [0.1, 0.15) is 67.1 Å². The number of allylic oxidation sites excluding steroid dienone is 1. The van der Waals surface area contributed by atoms with Crippen molar-refractivity contribution in [3.63, 3.8) is 0 Å². The van der Waals surface area contributed by atoms with Crippen LogP contribution in [-0.2, 0) is 36.1 Å². The molecule has 12 nitrogen and oxygen atoms in total. The third-order valence-corrected chi connectivity index (χ3v) is 16.0. The number of rotatable bonds is 7. The number of carbonyl (C=O) groups is 1. The minimum atomic E-state index is -4.11. The van der Waals surface area contributed by atoms with E-state index in [1.54, 1.807) is 19.2 Å². The van der Waals surface area contributed by atoms with Gasteiger partial charge in [-0.1, -0.05) is 36.7 Å². The largest absolute Gasteiger partial charge is 0.489 e. The van der Waals surface area contributed by atoms with Crippen molar-refractivity contribution in [1.29, 1.82) is 0 Å². The van der Waals surface area contributed by atoms with Crippen LogP contribution in [0.2, 0.25) is 5.02 Å². The number of carbonyl (C=O) groups excluding carboxylic acids is 1. The highest BCUT2D eigenvalue weighted by Crippen LogP contribution is 2.49. The van der Waals surface area contributed by atoms with E-state index in [9.17, 15) is 13.2 Å². The fourth-order valence-corrected chi connectivity index (χ4v) is 12.2. The number of anilines is 1. The Balaban J connectivity index is 1.18. The zero-order chi connectivity index (χ0) is 39.1. The fraction of sp³-hybridized carbons (Fsp3) is 0.667. The van der Waals surface area contributed by atoms with Crippen molar-refractivity contribution in [1.82, 2.24) is 19.5 Å². The van der Waals surface area contributed by atoms with Gasteiger partial charge in [-0.05, 0) is 98.1 Å². The van der Waals surface area contributed by atoms with Gasteiger partial charge in [0.05, 0.1) is 31.1 Å². The Morgan fingerprint density at radius 2 is 1.91 bits per heavy atom. The van der Waals surface area contributed by atoms with Crippen molar-refractivity contribution in [3.05, 3.63) is 64.3 Å². The lowest BCUT2D eigenvalue weighted by Gasteiger charge is -2.52. The molecule has 1 amide bonds. The van der Waals surface area contributed by atoms with Crippen LogP contribution < -0.4 is 14.4 Å². The first-order chi connectivity index (χ1) is 27.0.